The van der Waals surface area contributed by atoms with Crippen LogP contribution in [0.15, 0.2) is 59.1 Å². The molecule has 6 rings (SSSR count). The third kappa shape index (κ3) is 3.08. The molecule has 2 heterocycles. The Morgan fingerprint density at radius 1 is 1.12 bits per heavy atom. The fraction of sp³-hybridized carbons (Fsp3) is 0.222. The van der Waals surface area contributed by atoms with Crippen LogP contribution in [0, 0.1) is 5.92 Å². The van der Waals surface area contributed by atoms with E-state index in [0.717, 1.165) is 31.6 Å². The molecule has 1 N–H and O–H groups in total. The molecule has 1 aromatic heterocycles. The fourth-order valence-electron chi connectivity index (χ4n) is 5.21. The molecular weight excluding hydrogens is 430 g/mol. The van der Waals surface area contributed by atoms with Crippen LogP contribution in [-0.2, 0) is 0 Å². The molecule has 0 spiro atoms. The van der Waals surface area contributed by atoms with Gasteiger partial charge in [-0.05, 0) is 30.9 Å². The molecule has 1 atom stereocenters. The normalized spacial score (nSPS) is 17.0. The van der Waals surface area contributed by atoms with Crippen LogP contribution in [0.2, 0.25) is 0 Å². The lowest BCUT2D eigenvalue weighted by Crippen LogP contribution is -2.34. The molecular formula is C27H22N3O4-. The van der Waals surface area contributed by atoms with Crippen LogP contribution < -0.4 is 15.3 Å². The van der Waals surface area contributed by atoms with Crippen LogP contribution in [0.25, 0.3) is 22.2 Å². The van der Waals surface area contributed by atoms with Crippen molar-refractivity contribution in [2.75, 3.05) is 23.3 Å². The number of fused-ring (bicyclic) bond motifs is 2. The van der Waals surface area contributed by atoms with E-state index in [1.807, 2.05) is 24.3 Å². The van der Waals surface area contributed by atoms with Gasteiger partial charge in [0.2, 0.25) is 0 Å². The first kappa shape index (κ1) is 20.5. The molecule has 7 heteroatoms. The Bertz CT molecular complexity index is 1470. The number of carboxylic acid groups (broad SMARTS) is 1. The second-order valence-corrected chi connectivity index (χ2v) is 9.08. The number of benzene rings is 3. The van der Waals surface area contributed by atoms with Gasteiger partial charge < -0.3 is 24.6 Å². The Morgan fingerprint density at radius 3 is 2.68 bits per heavy atom. The average Bonchev–Trinajstić information content (AvgIpc) is 3.28. The van der Waals surface area contributed by atoms with E-state index in [2.05, 4.69) is 22.3 Å². The second kappa shape index (κ2) is 7.73. The van der Waals surface area contributed by atoms with Gasteiger partial charge in [0.15, 0.2) is 11.5 Å². The number of ketones is 1. The minimum absolute atomic E-state index is 0.0251. The molecule has 1 fully saturated rings. The Kier molecular flexibility index (Phi) is 4.65. The number of anilines is 3. The number of hydrogen-bond acceptors (Lipinski definition) is 7. The number of rotatable bonds is 4. The Balaban J connectivity index is 1.61. The first-order valence-electron chi connectivity index (χ1n) is 11.5. The number of piperidine rings is 1. The number of carbonyl (C=O) groups is 2. The van der Waals surface area contributed by atoms with Gasteiger partial charge in [-0.3, -0.25) is 4.79 Å². The maximum absolute atomic E-state index is 13.7. The lowest BCUT2D eigenvalue weighted by Gasteiger charge is -2.33. The number of aromatic carboxylic acids is 1. The maximum atomic E-state index is 13.7. The van der Waals surface area contributed by atoms with Gasteiger partial charge in [-0.2, -0.15) is 0 Å². The summed E-state index contributed by atoms with van der Waals surface area (Å²) in [7, 11) is 0. The topological polar surface area (TPSA) is 98.5 Å². The van der Waals surface area contributed by atoms with Crippen molar-refractivity contribution in [3.63, 3.8) is 0 Å². The van der Waals surface area contributed by atoms with Crippen molar-refractivity contribution >= 4 is 39.7 Å². The predicted octanol–water partition coefficient (Wildman–Crippen LogP) is 4.38. The maximum Gasteiger partial charge on any atom is 0.196 e. The summed E-state index contributed by atoms with van der Waals surface area (Å²) in [6, 6.07) is 15.8. The van der Waals surface area contributed by atoms with E-state index >= 15 is 0 Å². The van der Waals surface area contributed by atoms with Crippen LogP contribution in [0.3, 0.4) is 0 Å². The summed E-state index contributed by atoms with van der Waals surface area (Å²) < 4.78 is 5.84. The number of nitrogens with one attached hydrogen (secondary N) is 1. The Morgan fingerprint density at radius 2 is 1.88 bits per heavy atom. The van der Waals surface area contributed by atoms with Gasteiger partial charge in [0.25, 0.3) is 0 Å². The number of carbonyl (C=O) groups excluding carboxylic acids is 2. The second-order valence-electron chi connectivity index (χ2n) is 9.08. The summed E-state index contributed by atoms with van der Waals surface area (Å²) in [4.78, 5) is 27.7. The number of nitrogens with zero attached hydrogens (tertiary/aromatic N) is 2. The molecule has 1 unspecified atom stereocenters. The lowest BCUT2D eigenvalue weighted by molar-refractivity contribution is -0.254. The van der Waals surface area contributed by atoms with Gasteiger partial charge in [0, 0.05) is 35.5 Å². The van der Waals surface area contributed by atoms with E-state index in [9.17, 15) is 14.7 Å². The van der Waals surface area contributed by atoms with Gasteiger partial charge in [-0.1, -0.05) is 54.5 Å². The van der Waals surface area contributed by atoms with Crippen molar-refractivity contribution in [1.82, 2.24) is 5.16 Å². The molecule has 0 radical (unpaired) electrons. The number of para-hydroxylation sites is 1. The Hall–Kier alpha value is -4.13. The minimum Gasteiger partial charge on any atom is -0.545 e. The number of carboxylic acids is 1. The molecule has 1 saturated heterocycles. The summed E-state index contributed by atoms with van der Waals surface area (Å²) in [5.74, 6) is -0.350. The average molecular weight is 452 g/mol. The summed E-state index contributed by atoms with van der Waals surface area (Å²) in [6.07, 6.45) is 2.23. The minimum atomic E-state index is -1.29. The van der Waals surface area contributed by atoms with E-state index in [1.54, 1.807) is 24.3 Å². The molecule has 0 saturated carbocycles. The van der Waals surface area contributed by atoms with E-state index in [-0.39, 0.29) is 11.3 Å². The van der Waals surface area contributed by atoms with Gasteiger partial charge >= 0.3 is 0 Å². The van der Waals surface area contributed by atoms with Crippen molar-refractivity contribution in [2.24, 2.45) is 5.92 Å². The van der Waals surface area contributed by atoms with Gasteiger partial charge in [-0.25, -0.2) is 0 Å². The first-order chi connectivity index (χ1) is 16.5. The fourth-order valence-corrected chi connectivity index (χ4v) is 5.21. The summed E-state index contributed by atoms with van der Waals surface area (Å²) in [6.45, 7) is 3.97. The van der Waals surface area contributed by atoms with Crippen LogP contribution in [0.4, 0.5) is 17.1 Å². The highest BCUT2D eigenvalue weighted by Gasteiger charge is 2.34. The summed E-state index contributed by atoms with van der Waals surface area (Å²) in [5, 5.41) is 20.0. The third-order valence-corrected chi connectivity index (χ3v) is 6.79. The SMILES string of the molecule is CC1CCCN(c2cc(Nc3ccccc3C(=O)[O-])c3c4c(onc24)-c2ccccc2C3=O)C1. The third-order valence-electron chi connectivity index (χ3n) is 6.79. The molecule has 4 aromatic rings. The van der Waals surface area contributed by atoms with Crippen molar-refractivity contribution in [3.05, 3.63) is 71.3 Å². The molecule has 7 nitrogen and oxygen atoms in total. The highest BCUT2D eigenvalue weighted by Crippen LogP contribution is 2.46. The van der Waals surface area contributed by atoms with E-state index < -0.39 is 5.97 Å². The lowest BCUT2D eigenvalue weighted by atomic mass is 9.86. The van der Waals surface area contributed by atoms with Crippen LogP contribution in [0.1, 0.15) is 46.0 Å². The zero-order valence-corrected chi connectivity index (χ0v) is 18.6. The first-order valence-corrected chi connectivity index (χ1v) is 11.5. The molecule has 0 bridgehead atoms. The van der Waals surface area contributed by atoms with Gasteiger partial charge in [-0.15, -0.1) is 0 Å². The molecule has 170 valence electrons. The van der Waals surface area contributed by atoms with E-state index in [0.29, 0.717) is 50.6 Å². The van der Waals surface area contributed by atoms with Crippen molar-refractivity contribution < 1.29 is 19.2 Å². The number of hydrogen-bond donors (Lipinski definition) is 1. The molecule has 1 aliphatic carbocycles. The van der Waals surface area contributed by atoms with Crippen LogP contribution in [0.5, 0.6) is 0 Å². The molecule has 1 aliphatic heterocycles. The van der Waals surface area contributed by atoms with Gasteiger partial charge in [0.1, 0.15) is 5.52 Å². The van der Waals surface area contributed by atoms with Crippen LogP contribution >= 0.6 is 0 Å². The molecule has 3 aromatic carbocycles. The van der Waals surface area contributed by atoms with Crippen molar-refractivity contribution in [2.45, 2.75) is 19.8 Å². The zero-order chi connectivity index (χ0) is 23.4. The Labute approximate surface area is 196 Å². The zero-order valence-electron chi connectivity index (χ0n) is 18.6. The predicted molar refractivity (Wildman–Crippen MR) is 128 cm³/mol. The smallest absolute Gasteiger partial charge is 0.196 e. The quantitative estimate of drug-likeness (QED) is 0.432. The monoisotopic (exact) mass is 452 g/mol. The molecule has 2 aliphatic rings. The summed E-state index contributed by atoms with van der Waals surface area (Å²) >= 11 is 0. The molecule has 0 amide bonds. The number of aromatic nitrogens is 1. The highest BCUT2D eigenvalue weighted by molar-refractivity contribution is 6.29. The highest BCUT2D eigenvalue weighted by atomic mass is 16.5. The standard InChI is InChI=1S/C27H23N3O4/c1-15-7-6-12-30(14-15)21-13-20(28-19-11-5-4-10-18(19)27(32)33)22-23-24(21)29-34-26(23)17-9-3-2-8-16(17)25(22)31/h2-5,8-11,13,15,28H,6-7,12,14H2,1H3,(H,32,33)/p-1. The van der Waals surface area contributed by atoms with E-state index in [1.165, 1.54) is 6.07 Å². The van der Waals surface area contributed by atoms with E-state index in [4.69, 9.17) is 4.52 Å². The van der Waals surface area contributed by atoms with Crippen LogP contribution in [-0.4, -0.2) is 30.0 Å². The summed E-state index contributed by atoms with van der Waals surface area (Å²) in [5.41, 5.74) is 4.13. The van der Waals surface area contributed by atoms with Crippen molar-refractivity contribution in [3.8, 4) is 11.3 Å². The van der Waals surface area contributed by atoms with Crippen molar-refractivity contribution in [1.29, 1.82) is 0 Å². The molecule has 34 heavy (non-hydrogen) atoms. The van der Waals surface area contributed by atoms with Gasteiger partial charge in [0.05, 0.1) is 28.3 Å². The largest absolute Gasteiger partial charge is 0.545 e.